The lowest BCUT2D eigenvalue weighted by Crippen LogP contribution is -2.42. The van der Waals surface area contributed by atoms with Crippen molar-refractivity contribution in [2.24, 2.45) is 21.1 Å². The van der Waals surface area contributed by atoms with Gasteiger partial charge in [-0.3, -0.25) is 13.9 Å². The predicted molar refractivity (Wildman–Crippen MR) is 149 cm³/mol. The molecule has 1 atom stereocenters. The summed E-state index contributed by atoms with van der Waals surface area (Å²) in [4.78, 5) is 31.2. The minimum absolute atomic E-state index is 0.0532. The molecule has 194 valence electrons. The minimum Gasteiger partial charge on any atom is -0.497 e. The van der Waals surface area contributed by atoms with E-state index in [1.54, 1.807) is 14.2 Å². The molecule has 0 saturated heterocycles. The largest absolute Gasteiger partial charge is 0.497 e. The summed E-state index contributed by atoms with van der Waals surface area (Å²) in [6, 6.07) is 17.5. The van der Waals surface area contributed by atoms with Gasteiger partial charge in [-0.25, -0.2) is 9.78 Å². The van der Waals surface area contributed by atoms with Gasteiger partial charge >= 0.3 is 5.69 Å². The Labute approximate surface area is 223 Å². The highest BCUT2D eigenvalue weighted by Gasteiger charge is 2.38. The number of rotatable bonds is 3. The monoisotopic (exact) mass is 519 g/mol. The van der Waals surface area contributed by atoms with Gasteiger partial charge in [-0.05, 0) is 23.8 Å². The number of hydrogen-bond donors (Lipinski definition) is 2. The summed E-state index contributed by atoms with van der Waals surface area (Å²) < 4.78 is 9.85. The van der Waals surface area contributed by atoms with Crippen LogP contribution in [0.2, 0.25) is 0 Å². The van der Waals surface area contributed by atoms with E-state index in [-0.39, 0.29) is 11.4 Å². The Hall–Kier alpha value is -5.30. The molecule has 1 unspecified atom stereocenters. The highest BCUT2D eigenvalue weighted by atomic mass is 16.5. The lowest BCUT2D eigenvalue weighted by Gasteiger charge is -2.32. The van der Waals surface area contributed by atoms with Crippen molar-refractivity contribution < 1.29 is 4.74 Å². The average Bonchev–Trinajstić information content (AvgIpc) is 3.29. The second kappa shape index (κ2) is 8.63. The van der Waals surface area contributed by atoms with Crippen LogP contribution in [0.15, 0.2) is 64.3 Å². The highest BCUT2D eigenvalue weighted by Crippen LogP contribution is 2.49. The van der Waals surface area contributed by atoms with Crippen LogP contribution >= 0.6 is 0 Å². The zero-order valence-electron chi connectivity index (χ0n) is 21.8. The van der Waals surface area contributed by atoms with Crippen LogP contribution in [-0.4, -0.2) is 25.8 Å². The maximum absolute atomic E-state index is 13.8. The standard InChI is InChI=1S/C29H25N7O3/c1-34-14-19(17-7-5-6-8-20(17)34)22-18(13-30)25(31)32-26-23(22)21(15-9-11-16(39-4)12-10-15)24-27(33-26)35(2)29(38)36(3)28(24)37/h5-12,14,21H,1-4H3,(H3,31,32,33). The van der Waals surface area contributed by atoms with E-state index in [4.69, 9.17) is 10.5 Å². The van der Waals surface area contributed by atoms with Crippen LogP contribution in [0, 0.1) is 11.3 Å². The van der Waals surface area contributed by atoms with Crippen LogP contribution in [0.25, 0.3) is 22.0 Å². The second-order valence-corrected chi connectivity index (χ2v) is 9.59. The number of benzene rings is 2. The lowest BCUT2D eigenvalue weighted by atomic mass is 9.79. The summed E-state index contributed by atoms with van der Waals surface area (Å²) in [6.45, 7) is 0. The Morgan fingerprint density at radius 3 is 2.44 bits per heavy atom. The molecule has 6 rings (SSSR count). The second-order valence-electron chi connectivity index (χ2n) is 9.59. The number of para-hydroxylation sites is 1. The molecular formula is C29H25N7O3. The van der Waals surface area contributed by atoms with E-state index >= 15 is 0 Å². The Bertz CT molecular complexity index is 1970. The van der Waals surface area contributed by atoms with Crippen LogP contribution in [-0.2, 0) is 21.1 Å². The molecular weight excluding hydrogens is 494 g/mol. The molecule has 3 aromatic heterocycles. The van der Waals surface area contributed by atoms with E-state index in [9.17, 15) is 14.9 Å². The quantitative estimate of drug-likeness (QED) is 0.366. The first-order valence-corrected chi connectivity index (χ1v) is 12.3. The molecule has 2 aromatic carbocycles. The van der Waals surface area contributed by atoms with Crippen LogP contribution < -0.4 is 27.0 Å². The van der Waals surface area contributed by atoms with E-state index in [0.29, 0.717) is 34.1 Å². The number of aromatic nitrogens is 4. The molecule has 4 heterocycles. The molecule has 1 aliphatic heterocycles. The topological polar surface area (TPSA) is 133 Å². The lowest BCUT2D eigenvalue weighted by molar-refractivity contribution is 0.414. The maximum atomic E-state index is 13.8. The third kappa shape index (κ3) is 3.37. The van der Waals surface area contributed by atoms with E-state index in [1.807, 2.05) is 66.3 Å². The summed E-state index contributed by atoms with van der Waals surface area (Å²) in [5, 5.41) is 14.5. The van der Waals surface area contributed by atoms with Gasteiger partial charge in [0.15, 0.2) is 0 Å². The summed E-state index contributed by atoms with van der Waals surface area (Å²) in [5.41, 5.74) is 9.81. The van der Waals surface area contributed by atoms with Crippen LogP contribution in [0.4, 0.5) is 17.5 Å². The van der Waals surface area contributed by atoms with Gasteiger partial charge in [0.05, 0.1) is 12.7 Å². The van der Waals surface area contributed by atoms with Gasteiger partial charge in [-0.1, -0.05) is 30.3 Å². The van der Waals surface area contributed by atoms with E-state index in [1.165, 1.54) is 11.6 Å². The molecule has 10 heteroatoms. The minimum atomic E-state index is -0.665. The number of anilines is 3. The van der Waals surface area contributed by atoms with Crippen LogP contribution in [0.3, 0.4) is 0 Å². The molecule has 0 amide bonds. The summed E-state index contributed by atoms with van der Waals surface area (Å²) in [7, 11) is 6.58. The fourth-order valence-electron chi connectivity index (χ4n) is 5.60. The third-order valence-electron chi connectivity index (χ3n) is 7.50. The van der Waals surface area contributed by atoms with Gasteiger partial charge < -0.3 is 20.4 Å². The summed E-state index contributed by atoms with van der Waals surface area (Å²) >= 11 is 0. The molecule has 0 bridgehead atoms. The maximum Gasteiger partial charge on any atom is 0.332 e. The molecule has 0 spiro atoms. The zero-order valence-corrected chi connectivity index (χ0v) is 21.8. The molecule has 39 heavy (non-hydrogen) atoms. The first-order chi connectivity index (χ1) is 18.8. The van der Waals surface area contributed by atoms with Crippen molar-refractivity contribution in [1.29, 1.82) is 5.26 Å². The Kier molecular flexibility index (Phi) is 5.33. The van der Waals surface area contributed by atoms with Crippen molar-refractivity contribution in [2.45, 2.75) is 5.92 Å². The van der Waals surface area contributed by atoms with Gasteiger partial charge in [0.25, 0.3) is 5.56 Å². The number of aryl methyl sites for hydroxylation is 1. The molecule has 0 aliphatic carbocycles. The highest BCUT2D eigenvalue weighted by molar-refractivity contribution is 6.01. The number of pyridine rings is 1. The summed E-state index contributed by atoms with van der Waals surface area (Å²) in [6.07, 6.45) is 1.96. The fourth-order valence-corrected chi connectivity index (χ4v) is 5.60. The molecule has 0 radical (unpaired) electrons. The van der Waals surface area contributed by atoms with Crippen molar-refractivity contribution in [2.75, 3.05) is 18.2 Å². The van der Waals surface area contributed by atoms with Crippen LogP contribution in [0.1, 0.15) is 28.2 Å². The SMILES string of the molecule is COc1ccc(C2c3c(nc(N)c(C#N)c3-c3cn(C)c4ccccc34)Nc3c2c(=O)n(C)c(=O)n3C)cc1. The fraction of sp³-hybridized carbons (Fsp3) is 0.172. The van der Waals surface area contributed by atoms with Crippen molar-refractivity contribution in [1.82, 2.24) is 18.7 Å². The molecule has 5 aromatic rings. The van der Waals surface area contributed by atoms with Gasteiger partial charge in [0.2, 0.25) is 0 Å². The number of nitriles is 1. The Morgan fingerprint density at radius 2 is 1.74 bits per heavy atom. The van der Waals surface area contributed by atoms with Gasteiger partial charge in [-0.15, -0.1) is 0 Å². The zero-order chi connectivity index (χ0) is 27.6. The number of nitrogens with zero attached hydrogens (tertiary/aromatic N) is 5. The number of ether oxygens (including phenoxy) is 1. The average molecular weight is 520 g/mol. The normalized spacial score (nSPS) is 13.9. The van der Waals surface area contributed by atoms with Gasteiger partial charge in [0, 0.05) is 60.9 Å². The molecule has 1 aliphatic rings. The van der Waals surface area contributed by atoms with E-state index in [0.717, 1.165) is 26.6 Å². The van der Waals surface area contributed by atoms with Crippen molar-refractivity contribution in [3.63, 3.8) is 0 Å². The molecule has 10 nitrogen and oxygen atoms in total. The predicted octanol–water partition coefficient (Wildman–Crippen LogP) is 3.34. The van der Waals surface area contributed by atoms with Crippen molar-refractivity contribution in [3.8, 4) is 22.9 Å². The Balaban J connectivity index is 1.80. The third-order valence-corrected chi connectivity index (χ3v) is 7.50. The van der Waals surface area contributed by atoms with Gasteiger partial charge in [-0.2, -0.15) is 5.26 Å². The number of methoxy groups -OCH3 is 1. The first-order valence-electron chi connectivity index (χ1n) is 12.3. The number of nitrogens with one attached hydrogen (secondary N) is 1. The molecule has 3 N–H and O–H groups in total. The van der Waals surface area contributed by atoms with Gasteiger partial charge in [0.1, 0.15) is 34.8 Å². The number of hydrogen-bond acceptors (Lipinski definition) is 7. The number of fused-ring (bicyclic) bond motifs is 3. The molecule has 0 saturated carbocycles. The Morgan fingerprint density at radius 1 is 1.03 bits per heavy atom. The number of nitrogen functional groups attached to an aromatic ring is 1. The first kappa shape index (κ1) is 24.1. The van der Waals surface area contributed by atoms with E-state index in [2.05, 4.69) is 16.4 Å². The number of nitrogens with two attached hydrogens (primary N) is 1. The smallest absolute Gasteiger partial charge is 0.332 e. The van der Waals surface area contributed by atoms with Crippen LogP contribution in [0.5, 0.6) is 5.75 Å². The van der Waals surface area contributed by atoms with Crippen molar-refractivity contribution >= 4 is 28.4 Å². The van der Waals surface area contributed by atoms with E-state index < -0.39 is 17.2 Å². The van der Waals surface area contributed by atoms with Crippen molar-refractivity contribution in [3.05, 3.63) is 97.8 Å². The molecule has 0 fully saturated rings. The summed E-state index contributed by atoms with van der Waals surface area (Å²) in [5.74, 6) is 0.756.